The maximum atomic E-state index is 13.3. The fourth-order valence-corrected chi connectivity index (χ4v) is 4.06. The molecule has 0 radical (unpaired) electrons. The zero-order valence-electron chi connectivity index (χ0n) is 17.7. The summed E-state index contributed by atoms with van der Waals surface area (Å²) in [6, 6.07) is 11.2. The van der Waals surface area contributed by atoms with Gasteiger partial charge in [-0.25, -0.2) is 9.07 Å². The zero-order chi connectivity index (χ0) is 22.8. The molecule has 1 saturated heterocycles. The van der Waals surface area contributed by atoms with Gasteiger partial charge in [0.2, 0.25) is 5.91 Å². The molecule has 1 aliphatic heterocycles. The van der Waals surface area contributed by atoms with Gasteiger partial charge in [-0.1, -0.05) is 25.4 Å². The smallest absolute Gasteiger partial charge is 0.259 e. The molecule has 3 aromatic rings. The number of nitrogens with one attached hydrogen (secondary N) is 2. The van der Waals surface area contributed by atoms with Crippen LogP contribution in [0.25, 0.3) is 5.69 Å². The average molecular weight is 456 g/mol. The Morgan fingerprint density at radius 1 is 1.22 bits per heavy atom. The lowest BCUT2D eigenvalue weighted by molar-refractivity contribution is -0.120. The van der Waals surface area contributed by atoms with Crippen molar-refractivity contribution in [3.8, 4) is 5.69 Å². The van der Waals surface area contributed by atoms with E-state index < -0.39 is 0 Å². The Morgan fingerprint density at radius 3 is 2.62 bits per heavy atom. The van der Waals surface area contributed by atoms with Gasteiger partial charge in [-0.2, -0.15) is 5.10 Å². The molecule has 7 nitrogen and oxygen atoms in total. The van der Waals surface area contributed by atoms with E-state index in [1.807, 2.05) is 18.7 Å². The van der Waals surface area contributed by atoms with E-state index in [1.165, 1.54) is 18.3 Å². The molecule has 1 fully saturated rings. The summed E-state index contributed by atoms with van der Waals surface area (Å²) >= 11 is 6.45. The predicted molar refractivity (Wildman–Crippen MR) is 122 cm³/mol. The largest absolute Gasteiger partial charge is 0.359 e. The van der Waals surface area contributed by atoms with Gasteiger partial charge in [0.15, 0.2) is 0 Å². The van der Waals surface area contributed by atoms with Crippen molar-refractivity contribution >= 4 is 34.8 Å². The number of piperazine rings is 1. The fourth-order valence-electron chi connectivity index (χ4n) is 3.76. The summed E-state index contributed by atoms with van der Waals surface area (Å²) in [6.07, 6.45) is 1.51. The van der Waals surface area contributed by atoms with Crippen molar-refractivity contribution in [2.45, 2.75) is 19.8 Å². The molecule has 1 aromatic heterocycles. The summed E-state index contributed by atoms with van der Waals surface area (Å²) in [4.78, 5) is 26.6. The van der Waals surface area contributed by atoms with Crippen LogP contribution in [0.2, 0.25) is 5.02 Å². The number of halogens is 2. The van der Waals surface area contributed by atoms with E-state index in [9.17, 15) is 14.0 Å². The normalized spacial score (nSPS) is 13.9. The molecule has 166 valence electrons. The van der Waals surface area contributed by atoms with Gasteiger partial charge in [-0.05, 0) is 48.4 Å². The van der Waals surface area contributed by atoms with Crippen molar-refractivity contribution in [2.24, 2.45) is 0 Å². The van der Waals surface area contributed by atoms with E-state index in [1.54, 1.807) is 35.0 Å². The molecule has 0 saturated carbocycles. The number of aromatic nitrogens is 2. The first-order valence-corrected chi connectivity index (χ1v) is 10.7. The number of amides is 2. The molecule has 1 aliphatic rings. The van der Waals surface area contributed by atoms with E-state index >= 15 is 0 Å². The Balaban J connectivity index is 1.57. The van der Waals surface area contributed by atoms with Crippen molar-refractivity contribution in [1.29, 1.82) is 0 Å². The number of rotatable bonds is 5. The number of anilines is 2. The van der Waals surface area contributed by atoms with Crippen LogP contribution in [0.4, 0.5) is 15.8 Å². The topological polar surface area (TPSA) is 79.3 Å². The maximum Gasteiger partial charge on any atom is 0.259 e. The molecule has 0 unspecified atom stereocenters. The molecular weight excluding hydrogens is 433 g/mol. The standard InChI is InChI=1S/C23H23ClFN5O2/c1-14(2)22-18(12-27-30(22)17-6-3-15(25)4-7-17)23(32)28-16-5-8-20(19(24)11-16)29-10-9-26-21(31)13-29/h3-8,11-12,14H,9-10,13H2,1-2H3,(H,26,31)(H,28,32). The number of hydrogen-bond acceptors (Lipinski definition) is 4. The third kappa shape index (κ3) is 4.45. The second-order valence-corrected chi connectivity index (χ2v) is 8.29. The summed E-state index contributed by atoms with van der Waals surface area (Å²) in [5.41, 5.74) is 3.10. The van der Waals surface area contributed by atoms with Crippen molar-refractivity contribution in [1.82, 2.24) is 15.1 Å². The Bertz CT molecular complexity index is 1160. The quantitative estimate of drug-likeness (QED) is 0.610. The van der Waals surface area contributed by atoms with Crippen LogP contribution in [0.15, 0.2) is 48.7 Å². The van der Waals surface area contributed by atoms with E-state index in [-0.39, 0.29) is 30.1 Å². The van der Waals surface area contributed by atoms with Gasteiger partial charge in [0, 0.05) is 18.8 Å². The van der Waals surface area contributed by atoms with E-state index in [4.69, 9.17) is 11.6 Å². The van der Waals surface area contributed by atoms with Gasteiger partial charge in [0.05, 0.1) is 40.4 Å². The first-order valence-electron chi connectivity index (χ1n) is 10.3. The monoisotopic (exact) mass is 455 g/mol. The SMILES string of the molecule is CC(C)c1c(C(=O)Nc2ccc(N3CCNC(=O)C3)c(Cl)c2)cnn1-c1ccc(F)cc1. The Labute approximate surface area is 190 Å². The first kappa shape index (κ1) is 21.8. The van der Waals surface area contributed by atoms with Crippen molar-refractivity contribution < 1.29 is 14.0 Å². The highest BCUT2D eigenvalue weighted by molar-refractivity contribution is 6.33. The second-order valence-electron chi connectivity index (χ2n) is 7.88. The molecule has 4 rings (SSSR count). The average Bonchev–Trinajstić information content (AvgIpc) is 3.20. The van der Waals surface area contributed by atoms with Gasteiger partial charge in [0.25, 0.3) is 5.91 Å². The highest BCUT2D eigenvalue weighted by atomic mass is 35.5. The number of carbonyl (C=O) groups excluding carboxylic acids is 2. The Kier molecular flexibility index (Phi) is 6.14. The van der Waals surface area contributed by atoms with Crippen LogP contribution >= 0.6 is 11.6 Å². The molecule has 2 amide bonds. The highest BCUT2D eigenvalue weighted by Gasteiger charge is 2.22. The Hall–Kier alpha value is -3.39. The first-order chi connectivity index (χ1) is 15.3. The summed E-state index contributed by atoms with van der Waals surface area (Å²) in [5.74, 6) is -0.706. The van der Waals surface area contributed by atoms with Crippen LogP contribution in [-0.4, -0.2) is 41.2 Å². The van der Waals surface area contributed by atoms with Crippen LogP contribution < -0.4 is 15.5 Å². The number of benzene rings is 2. The van der Waals surface area contributed by atoms with Crippen molar-refractivity contribution in [2.75, 3.05) is 29.9 Å². The molecule has 0 bridgehead atoms. The van der Waals surface area contributed by atoms with Crippen LogP contribution in [0.5, 0.6) is 0 Å². The van der Waals surface area contributed by atoms with Crippen LogP contribution in [0, 0.1) is 5.82 Å². The van der Waals surface area contributed by atoms with Gasteiger partial charge in [-0.3, -0.25) is 9.59 Å². The predicted octanol–water partition coefficient (Wildman–Crippen LogP) is 3.98. The summed E-state index contributed by atoms with van der Waals surface area (Å²) in [5, 5.41) is 10.5. The number of carbonyl (C=O) groups is 2. The molecule has 0 aliphatic carbocycles. The molecular formula is C23H23ClFN5O2. The fraction of sp³-hybridized carbons (Fsp3) is 0.261. The summed E-state index contributed by atoms with van der Waals surface area (Å²) in [7, 11) is 0. The van der Waals surface area contributed by atoms with Crippen molar-refractivity contribution in [3.63, 3.8) is 0 Å². The molecule has 2 aromatic carbocycles. The van der Waals surface area contributed by atoms with E-state index in [0.717, 1.165) is 11.4 Å². The van der Waals surface area contributed by atoms with Gasteiger partial charge >= 0.3 is 0 Å². The highest BCUT2D eigenvalue weighted by Crippen LogP contribution is 2.30. The molecule has 9 heteroatoms. The van der Waals surface area contributed by atoms with Crippen molar-refractivity contribution in [3.05, 3.63) is 70.8 Å². The number of nitrogens with zero attached hydrogens (tertiary/aromatic N) is 3. The van der Waals surface area contributed by atoms with Crippen LogP contribution in [0.3, 0.4) is 0 Å². The Morgan fingerprint density at radius 2 is 1.97 bits per heavy atom. The van der Waals surface area contributed by atoms with Crippen LogP contribution in [-0.2, 0) is 4.79 Å². The van der Waals surface area contributed by atoms with Crippen LogP contribution in [0.1, 0.15) is 35.8 Å². The van der Waals surface area contributed by atoms with Gasteiger partial charge in [-0.15, -0.1) is 0 Å². The summed E-state index contributed by atoms with van der Waals surface area (Å²) in [6.45, 7) is 5.40. The van der Waals surface area contributed by atoms with E-state index in [0.29, 0.717) is 35.1 Å². The van der Waals surface area contributed by atoms with Gasteiger partial charge < -0.3 is 15.5 Å². The minimum absolute atomic E-state index is 0.000449. The number of hydrogen-bond donors (Lipinski definition) is 2. The minimum Gasteiger partial charge on any atom is -0.359 e. The molecule has 0 spiro atoms. The lowest BCUT2D eigenvalue weighted by atomic mass is 10.0. The van der Waals surface area contributed by atoms with Gasteiger partial charge in [0.1, 0.15) is 5.82 Å². The lowest BCUT2D eigenvalue weighted by Gasteiger charge is -2.29. The van der Waals surface area contributed by atoms with E-state index in [2.05, 4.69) is 15.7 Å². The second kappa shape index (κ2) is 9.00. The molecule has 32 heavy (non-hydrogen) atoms. The third-order valence-electron chi connectivity index (χ3n) is 5.25. The maximum absolute atomic E-state index is 13.3. The summed E-state index contributed by atoms with van der Waals surface area (Å²) < 4.78 is 15.0. The molecule has 2 N–H and O–H groups in total. The molecule has 0 atom stereocenters. The third-order valence-corrected chi connectivity index (χ3v) is 5.56. The lowest BCUT2D eigenvalue weighted by Crippen LogP contribution is -2.47. The minimum atomic E-state index is -0.338. The zero-order valence-corrected chi connectivity index (χ0v) is 18.5. The molecule has 2 heterocycles.